The quantitative estimate of drug-likeness (QED) is 0.833. The van der Waals surface area contributed by atoms with Gasteiger partial charge in [0, 0.05) is 6.04 Å². The highest BCUT2D eigenvalue weighted by atomic mass is 32.2. The van der Waals surface area contributed by atoms with Crippen molar-refractivity contribution in [3.63, 3.8) is 0 Å². The van der Waals surface area contributed by atoms with Crippen LogP contribution in [0.3, 0.4) is 0 Å². The highest BCUT2D eigenvalue weighted by Crippen LogP contribution is 2.34. The fourth-order valence-corrected chi connectivity index (χ4v) is 3.49. The molecule has 0 saturated heterocycles. The van der Waals surface area contributed by atoms with Crippen molar-refractivity contribution in [2.45, 2.75) is 58.9 Å². The van der Waals surface area contributed by atoms with Crippen molar-refractivity contribution in [2.24, 2.45) is 11.3 Å². The molecule has 0 radical (unpaired) electrons. The summed E-state index contributed by atoms with van der Waals surface area (Å²) >= 11 is 0. The first kappa shape index (κ1) is 14.0. The van der Waals surface area contributed by atoms with E-state index in [1.54, 1.807) is 0 Å². The fraction of sp³-hybridized carbons (Fsp3) is 1.00. The fourth-order valence-electron chi connectivity index (χ4n) is 2.65. The highest BCUT2D eigenvalue weighted by molar-refractivity contribution is 7.88. The van der Waals surface area contributed by atoms with Gasteiger partial charge in [0.1, 0.15) is 0 Å². The van der Waals surface area contributed by atoms with E-state index in [4.69, 9.17) is 0 Å². The Kier molecular flexibility index (Phi) is 4.41. The number of sulfonamides is 1. The van der Waals surface area contributed by atoms with Crippen molar-refractivity contribution >= 4 is 10.0 Å². The molecule has 0 aromatic heterocycles. The highest BCUT2D eigenvalue weighted by Gasteiger charge is 2.26. The third kappa shape index (κ3) is 5.85. The predicted octanol–water partition coefficient (Wildman–Crippen LogP) is 2.53. The van der Waals surface area contributed by atoms with Gasteiger partial charge in [0.25, 0.3) is 0 Å². The summed E-state index contributed by atoms with van der Waals surface area (Å²) in [5.74, 6) is 0.776. The van der Waals surface area contributed by atoms with Gasteiger partial charge in [-0.2, -0.15) is 0 Å². The molecule has 0 aromatic carbocycles. The SMILES string of the molecule is CC(C)(C)CC1CCC(NS(C)(=O)=O)CC1. The molecule has 1 aliphatic rings. The molecule has 1 fully saturated rings. The van der Waals surface area contributed by atoms with Crippen LogP contribution in [-0.4, -0.2) is 20.7 Å². The molecule has 96 valence electrons. The van der Waals surface area contributed by atoms with E-state index in [1.807, 2.05) is 0 Å². The van der Waals surface area contributed by atoms with Crippen LogP contribution in [0.15, 0.2) is 0 Å². The zero-order chi connectivity index (χ0) is 12.4. The molecular weight excluding hydrogens is 222 g/mol. The van der Waals surface area contributed by atoms with Gasteiger partial charge >= 0.3 is 0 Å². The van der Waals surface area contributed by atoms with Crippen LogP contribution in [0.4, 0.5) is 0 Å². The van der Waals surface area contributed by atoms with E-state index < -0.39 is 10.0 Å². The maximum absolute atomic E-state index is 11.1. The van der Waals surface area contributed by atoms with E-state index in [0.717, 1.165) is 31.6 Å². The first-order valence-electron chi connectivity index (χ1n) is 6.13. The van der Waals surface area contributed by atoms with Gasteiger partial charge in [-0.1, -0.05) is 20.8 Å². The van der Waals surface area contributed by atoms with E-state index in [1.165, 1.54) is 12.7 Å². The second kappa shape index (κ2) is 5.05. The molecular formula is C12H25NO2S. The predicted molar refractivity (Wildman–Crippen MR) is 67.8 cm³/mol. The van der Waals surface area contributed by atoms with Crippen LogP contribution in [-0.2, 0) is 10.0 Å². The monoisotopic (exact) mass is 247 g/mol. The van der Waals surface area contributed by atoms with Gasteiger partial charge in [0.15, 0.2) is 0 Å². The Hall–Kier alpha value is -0.0900. The molecule has 0 unspecified atom stereocenters. The molecule has 0 aliphatic heterocycles. The van der Waals surface area contributed by atoms with Gasteiger partial charge in [-0.15, -0.1) is 0 Å². The summed E-state index contributed by atoms with van der Waals surface area (Å²) in [5.41, 5.74) is 0.391. The summed E-state index contributed by atoms with van der Waals surface area (Å²) in [6.07, 6.45) is 6.80. The summed E-state index contributed by atoms with van der Waals surface area (Å²) < 4.78 is 24.9. The molecule has 16 heavy (non-hydrogen) atoms. The smallest absolute Gasteiger partial charge is 0.208 e. The molecule has 1 rings (SSSR count). The van der Waals surface area contributed by atoms with E-state index in [2.05, 4.69) is 25.5 Å². The van der Waals surface area contributed by atoms with Crippen molar-refractivity contribution in [1.29, 1.82) is 0 Å². The van der Waals surface area contributed by atoms with Gasteiger partial charge < -0.3 is 0 Å². The number of hydrogen-bond acceptors (Lipinski definition) is 2. The average Bonchev–Trinajstić information content (AvgIpc) is 2.03. The Morgan fingerprint density at radius 1 is 1.12 bits per heavy atom. The van der Waals surface area contributed by atoms with Crippen LogP contribution in [0.25, 0.3) is 0 Å². The molecule has 0 spiro atoms. The van der Waals surface area contributed by atoms with Crippen molar-refractivity contribution < 1.29 is 8.42 Å². The van der Waals surface area contributed by atoms with Crippen molar-refractivity contribution in [2.75, 3.05) is 6.26 Å². The summed E-state index contributed by atoms with van der Waals surface area (Å²) in [6.45, 7) is 6.82. The normalized spacial score (nSPS) is 28.0. The average molecular weight is 247 g/mol. The molecule has 3 nitrogen and oxygen atoms in total. The summed E-state index contributed by atoms with van der Waals surface area (Å²) in [7, 11) is -3.03. The standard InChI is InChI=1S/C12H25NO2S/c1-12(2,3)9-10-5-7-11(8-6-10)13-16(4,14)15/h10-11,13H,5-9H2,1-4H3. The number of nitrogens with one attached hydrogen (secondary N) is 1. The van der Waals surface area contributed by atoms with Crippen molar-refractivity contribution in [1.82, 2.24) is 4.72 Å². The van der Waals surface area contributed by atoms with E-state index in [9.17, 15) is 8.42 Å². The maximum Gasteiger partial charge on any atom is 0.208 e. The topological polar surface area (TPSA) is 46.2 Å². The van der Waals surface area contributed by atoms with Crippen LogP contribution in [0.5, 0.6) is 0 Å². The van der Waals surface area contributed by atoms with E-state index in [-0.39, 0.29) is 6.04 Å². The lowest BCUT2D eigenvalue weighted by molar-refractivity contribution is 0.224. The molecule has 1 saturated carbocycles. The van der Waals surface area contributed by atoms with E-state index in [0.29, 0.717) is 5.41 Å². The minimum absolute atomic E-state index is 0.172. The molecule has 0 atom stereocenters. The number of hydrogen-bond donors (Lipinski definition) is 1. The van der Waals surface area contributed by atoms with Crippen LogP contribution in [0.2, 0.25) is 0 Å². The van der Waals surface area contributed by atoms with Gasteiger partial charge in [0.2, 0.25) is 10.0 Å². The Labute approximate surface area is 100 Å². The third-order valence-corrected chi connectivity index (χ3v) is 3.89. The van der Waals surface area contributed by atoms with Gasteiger partial charge in [0.05, 0.1) is 6.26 Å². The first-order valence-corrected chi connectivity index (χ1v) is 8.02. The summed E-state index contributed by atoms with van der Waals surface area (Å²) in [4.78, 5) is 0. The molecule has 0 aromatic rings. The Morgan fingerprint density at radius 3 is 2.00 bits per heavy atom. The first-order chi connectivity index (χ1) is 7.16. The van der Waals surface area contributed by atoms with Crippen molar-refractivity contribution in [3.8, 4) is 0 Å². The molecule has 1 N–H and O–H groups in total. The molecule has 1 aliphatic carbocycles. The van der Waals surface area contributed by atoms with E-state index >= 15 is 0 Å². The lowest BCUT2D eigenvalue weighted by Gasteiger charge is -2.32. The maximum atomic E-state index is 11.1. The van der Waals surface area contributed by atoms with Crippen LogP contribution in [0.1, 0.15) is 52.9 Å². The van der Waals surface area contributed by atoms with Gasteiger partial charge in [-0.3, -0.25) is 0 Å². The minimum atomic E-state index is -3.03. The van der Waals surface area contributed by atoms with Gasteiger partial charge in [-0.05, 0) is 43.4 Å². The summed E-state index contributed by atoms with van der Waals surface area (Å²) in [5, 5.41) is 0. The van der Waals surface area contributed by atoms with Gasteiger partial charge in [-0.25, -0.2) is 13.1 Å². The Balaban J connectivity index is 2.34. The lowest BCUT2D eigenvalue weighted by atomic mass is 9.76. The second-order valence-corrected chi connectivity index (χ2v) is 8.15. The minimum Gasteiger partial charge on any atom is -0.213 e. The van der Waals surface area contributed by atoms with Crippen LogP contribution >= 0.6 is 0 Å². The number of rotatable bonds is 3. The zero-order valence-electron chi connectivity index (χ0n) is 10.9. The third-order valence-electron chi connectivity index (χ3n) is 3.13. The molecule has 0 amide bonds. The molecule has 0 heterocycles. The Morgan fingerprint density at radius 2 is 1.62 bits per heavy atom. The van der Waals surface area contributed by atoms with Crippen LogP contribution < -0.4 is 4.72 Å². The summed E-state index contributed by atoms with van der Waals surface area (Å²) in [6, 6.07) is 0.172. The molecule has 4 heteroatoms. The lowest BCUT2D eigenvalue weighted by Crippen LogP contribution is -2.37. The van der Waals surface area contributed by atoms with Crippen LogP contribution in [0, 0.1) is 11.3 Å². The van der Waals surface area contributed by atoms with Crippen molar-refractivity contribution in [3.05, 3.63) is 0 Å². The Bertz CT molecular complexity index is 308. The zero-order valence-corrected chi connectivity index (χ0v) is 11.7. The molecule has 0 bridgehead atoms. The largest absolute Gasteiger partial charge is 0.213 e. The second-order valence-electron chi connectivity index (χ2n) is 6.37.